The van der Waals surface area contributed by atoms with Crippen molar-refractivity contribution in [3.05, 3.63) is 78.6 Å². The van der Waals surface area contributed by atoms with Crippen LogP contribution in [0.15, 0.2) is 82.9 Å². The SMILES string of the molecule is CCCc1ccc(N(C)C)cc1N1C(=O)CSC1=NC(=O)Nc1ccc(-c2ncn(-c3ccc(SC(F)(F)F)cc3)n2)cc1. The first-order valence-electron chi connectivity index (χ1n) is 13.5. The third-order valence-electron chi connectivity index (χ3n) is 6.53. The Balaban J connectivity index is 1.28. The van der Waals surface area contributed by atoms with E-state index in [2.05, 4.69) is 27.3 Å². The van der Waals surface area contributed by atoms with Crippen LogP contribution in [0.5, 0.6) is 0 Å². The molecule has 4 aromatic rings. The number of carbonyl (C=O) groups excluding carboxylic acids is 2. The second-order valence-corrected chi connectivity index (χ2v) is 12.0. The molecule has 9 nitrogen and oxygen atoms in total. The van der Waals surface area contributed by atoms with E-state index in [0.29, 0.717) is 27.9 Å². The lowest BCUT2D eigenvalue weighted by Gasteiger charge is -2.22. The quantitative estimate of drug-likeness (QED) is 0.203. The summed E-state index contributed by atoms with van der Waals surface area (Å²) in [5, 5.41) is 7.48. The normalized spacial score (nSPS) is 14.4. The molecule has 3 aromatic carbocycles. The van der Waals surface area contributed by atoms with Crippen molar-refractivity contribution in [2.45, 2.75) is 30.2 Å². The first kappa shape index (κ1) is 31.1. The van der Waals surface area contributed by atoms with Crippen LogP contribution in [0.3, 0.4) is 0 Å². The number of thioether (sulfide) groups is 2. The van der Waals surface area contributed by atoms with Crippen molar-refractivity contribution in [1.82, 2.24) is 14.8 Å². The number of nitrogens with zero attached hydrogens (tertiary/aromatic N) is 6. The number of alkyl halides is 3. The highest BCUT2D eigenvalue weighted by Gasteiger charge is 2.32. The van der Waals surface area contributed by atoms with Gasteiger partial charge >= 0.3 is 11.5 Å². The van der Waals surface area contributed by atoms with E-state index in [9.17, 15) is 22.8 Å². The van der Waals surface area contributed by atoms with E-state index in [4.69, 9.17) is 0 Å². The fourth-order valence-electron chi connectivity index (χ4n) is 4.46. The van der Waals surface area contributed by atoms with Crippen molar-refractivity contribution in [2.24, 2.45) is 4.99 Å². The number of halogens is 3. The Morgan fingerprint density at radius 2 is 1.82 bits per heavy atom. The first-order chi connectivity index (χ1) is 21.0. The highest BCUT2D eigenvalue weighted by atomic mass is 32.2. The number of anilines is 3. The van der Waals surface area contributed by atoms with Crippen LogP contribution in [0.4, 0.5) is 35.0 Å². The number of hydrogen-bond donors (Lipinski definition) is 1. The van der Waals surface area contributed by atoms with Crippen molar-refractivity contribution in [3.63, 3.8) is 0 Å². The van der Waals surface area contributed by atoms with Crippen molar-refractivity contribution in [2.75, 3.05) is 35.0 Å². The van der Waals surface area contributed by atoms with Gasteiger partial charge in [-0.1, -0.05) is 31.2 Å². The Kier molecular flexibility index (Phi) is 9.30. The number of amidine groups is 1. The zero-order chi connectivity index (χ0) is 31.4. The Bertz CT molecular complexity index is 1690. The summed E-state index contributed by atoms with van der Waals surface area (Å²) in [6, 6.07) is 18.0. The van der Waals surface area contributed by atoms with Crippen molar-refractivity contribution in [1.29, 1.82) is 0 Å². The predicted molar refractivity (Wildman–Crippen MR) is 170 cm³/mol. The zero-order valence-electron chi connectivity index (χ0n) is 24.0. The third-order valence-corrected chi connectivity index (χ3v) is 8.19. The molecule has 0 unspecified atom stereocenters. The topological polar surface area (TPSA) is 95.7 Å². The number of carbonyl (C=O) groups is 2. The summed E-state index contributed by atoms with van der Waals surface area (Å²) in [5.41, 5.74) is 0.0356. The number of aromatic nitrogens is 3. The molecular formula is C30H28F3N7O2S2. The van der Waals surface area contributed by atoms with Gasteiger partial charge in [0.1, 0.15) is 6.33 Å². The predicted octanol–water partition coefficient (Wildman–Crippen LogP) is 7.23. The Hall–Kier alpha value is -4.30. The van der Waals surface area contributed by atoms with E-state index in [1.807, 2.05) is 37.2 Å². The molecule has 1 fully saturated rings. The molecule has 5 rings (SSSR count). The minimum absolute atomic E-state index is 0.0787. The fourth-order valence-corrected chi connectivity index (χ4v) is 5.86. The van der Waals surface area contributed by atoms with Crippen LogP contribution >= 0.6 is 23.5 Å². The van der Waals surface area contributed by atoms with Crippen LogP contribution in [0.1, 0.15) is 18.9 Å². The van der Waals surface area contributed by atoms with Gasteiger partial charge in [-0.15, -0.1) is 5.10 Å². The first-order valence-corrected chi connectivity index (χ1v) is 15.3. The van der Waals surface area contributed by atoms with Crippen LogP contribution in [0.2, 0.25) is 0 Å². The molecule has 0 spiro atoms. The minimum Gasteiger partial charge on any atom is -0.378 e. The fraction of sp³-hybridized carbons (Fsp3) is 0.233. The lowest BCUT2D eigenvalue weighted by molar-refractivity contribution is -0.115. The molecule has 0 bridgehead atoms. The van der Waals surface area contributed by atoms with Gasteiger partial charge in [-0.3, -0.25) is 9.69 Å². The smallest absolute Gasteiger partial charge is 0.378 e. The summed E-state index contributed by atoms with van der Waals surface area (Å²) in [5.74, 6) is 0.452. The average molecular weight is 640 g/mol. The molecule has 1 aliphatic rings. The van der Waals surface area contributed by atoms with Crippen LogP contribution in [0, 0.1) is 0 Å². The summed E-state index contributed by atoms with van der Waals surface area (Å²) in [6.45, 7) is 2.07. The third kappa shape index (κ3) is 7.42. The van der Waals surface area contributed by atoms with Crippen LogP contribution < -0.4 is 15.1 Å². The lowest BCUT2D eigenvalue weighted by atomic mass is 10.1. The Labute approximate surface area is 260 Å². The molecule has 1 N–H and O–H groups in total. The van der Waals surface area contributed by atoms with Gasteiger partial charge < -0.3 is 10.2 Å². The molecular weight excluding hydrogens is 612 g/mol. The molecule has 228 valence electrons. The van der Waals surface area contributed by atoms with E-state index >= 15 is 0 Å². The highest BCUT2D eigenvalue weighted by molar-refractivity contribution is 8.15. The number of rotatable bonds is 8. The van der Waals surface area contributed by atoms with Gasteiger partial charge in [0.2, 0.25) is 5.91 Å². The molecule has 1 saturated heterocycles. The van der Waals surface area contributed by atoms with Crippen LogP contribution in [-0.2, 0) is 11.2 Å². The van der Waals surface area contributed by atoms with Gasteiger partial charge in [-0.2, -0.15) is 18.2 Å². The Morgan fingerprint density at radius 3 is 2.48 bits per heavy atom. The molecule has 3 amide bonds. The summed E-state index contributed by atoms with van der Waals surface area (Å²) < 4.78 is 39.3. The van der Waals surface area contributed by atoms with Gasteiger partial charge in [0.05, 0.1) is 17.1 Å². The largest absolute Gasteiger partial charge is 0.446 e. The molecule has 0 saturated carbocycles. The summed E-state index contributed by atoms with van der Waals surface area (Å²) >= 11 is 1.04. The average Bonchev–Trinajstić information content (AvgIpc) is 3.60. The summed E-state index contributed by atoms with van der Waals surface area (Å²) in [4.78, 5) is 37.9. The molecule has 2 heterocycles. The van der Waals surface area contributed by atoms with Crippen molar-refractivity contribution < 1.29 is 22.8 Å². The molecule has 1 aliphatic heterocycles. The van der Waals surface area contributed by atoms with Crippen LogP contribution in [0.25, 0.3) is 17.1 Å². The molecule has 14 heteroatoms. The summed E-state index contributed by atoms with van der Waals surface area (Å²) in [6.07, 6.45) is 3.16. The number of amides is 3. The number of aryl methyl sites for hydroxylation is 1. The maximum absolute atomic E-state index is 12.9. The van der Waals surface area contributed by atoms with Gasteiger partial charge in [-0.25, -0.2) is 14.5 Å². The van der Waals surface area contributed by atoms with E-state index in [1.165, 1.54) is 51.9 Å². The van der Waals surface area contributed by atoms with Gasteiger partial charge in [-0.05, 0) is 84.4 Å². The van der Waals surface area contributed by atoms with Gasteiger partial charge in [0.25, 0.3) is 0 Å². The van der Waals surface area contributed by atoms with E-state index in [1.54, 1.807) is 24.3 Å². The minimum atomic E-state index is -4.35. The standard InChI is InChI=1S/C30H28F3N7O2S2/c1-4-5-19-8-11-23(38(2)3)16-25(19)40-26(41)17-43-29(40)36-28(42)35-21-9-6-20(7-10-21)27-34-18-39(37-27)22-12-14-24(15-13-22)44-30(31,32)33/h6-16,18H,4-5,17H2,1-3H3,(H,35,42). The number of hydrogen-bond acceptors (Lipinski definition) is 7. The second kappa shape index (κ2) is 13.1. The van der Waals surface area contributed by atoms with Crippen LogP contribution in [-0.4, -0.2) is 57.2 Å². The number of benzene rings is 3. The van der Waals surface area contributed by atoms with E-state index < -0.39 is 11.5 Å². The molecule has 0 atom stereocenters. The molecule has 0 radical (unpaired) electrons. The number of nitrogens with one attached hydrogen (secondary N) is 1. The number of aliphatic imine (C=N–C) groups is 1. The van der Waals surface area contributed by atoms with Gasteiger partial charge in [0, 0.05) is 35.9 Å². The zero-order valence-corrected chi connectivity index (χ0v) is 25.6. The van der Waals surface area contributed by atoms with E-state index in [0.717, 1.165) is 29.8 Å². The van der Waals surface area contributed by atoms with Crippen molar-refractivity contribution in [3.8, 4) is 17.1 Å². The van der Waals surface area contributed by atoms with E-state index in [-0.39, 0.29) is 28.3 Å². The summed E-state index contributed by atoms with van der Waals surface area (Å²) in [7, 11) is 3.85. The lowest BCUT2D eigenvalue weighted by Crippen LogP contribution is -2.31. The van der Waals surface area contributed by atoms with Crippen molar-refractivity contribution >= 4 is 57.7 Å². The molecule has 1 aromatic heterocycles. The Morgan fingerprint density at radius 1 is 1.09 bits per heavy atom. The number of urea groups is 1. The highest BCUT2D eigenvalue weighted by Crippen LogP contribution is 2.37. The second-order valence-electron chi connectivity index (χ2n) is 9.93. The maximum Gasteiger partial charge on any atom is 0.446 e. The maximum atomic E-state index is 12.9. The monoisotopic (exact) mass is 639 g/mol. The molecule has 44 heavy (non-hydrogen) atoms. The van der Waals surface area contributed by atoms with Gasteiger partial charge in [0.15, 0.2) is 11.0 Å². The molecule has 0 aliphatic carbocycles.